The maximum atomic E-state index is 12.8. The van der Waals surface area contributed by atoms with Crippen LogP contribution in [0.4, 0.5) is 10.5 Å². The number of carbonyl (C=O) groups is 1. The molecule has 1 spiro atoms. The summed E-state index contributed by atoms with van der Waals surface area (Å²) in [7, 11) is 0. The van der Waals surface area contributed by atoms with Crippen molar-refractivity contribution >= 4 is 11.7 Å². The number of likely N-dealkylation sites (tertiary alicyclic amines) is 1. The molecule has 0 aromatic heterocycles. The number of rotatable bonds is 1. The summed E-state index contributed by atoms with van der Waals surface area (Å²) in [5, 5.41) is 0. The van der Waals surface area contributed by atoms with E-state index in [1.807, 2.05) is 9.80 Å². The molecule has 2 amide bonds. The molecule has 0 radical (unpaired) electrons. The van der Waals surface area contributed by atoms with Gasteiger partial charge in [0.15, 0.2) is 5.79 Å². The molecule has 3 aliphatic heterocycles. The fraction of sp³-hybridized carbons (Fsp3) is 0.632. The molecule has 3 aliphatic rings. The Morgan fingerprint density at radius 2 is 1.60 bits per heavy atom. The summed E-state index contributed by atoms with van der Waals surface area (Å²) in [6.07, 6.45) is 1.56. The van der Waals surface area contributed by atoms with Crippen molar-refractivity contribution in [1.82, 2.24) is 9.80 Å². The average molecular weight is 345 g/mol. The zero-order valence-corrected chi connectivity index (χ0v) is 14.9. The van der Waals surface area contributed by atoms with Crippen molar-refractivity contribution in [3.8, 4) is 0 Å². The van der Waals surface area contributed by atoms with Crippen LogP contribution in [0, 0.1) is 6.92 Å². The van der Waals surface area contributed by atoms with Crippen molar-refractivity contribution in [2.45, 2.75) is 25.6 Å². The summed E-state index contributed by atoms with van der Waals surface area (Å²) in [6.45, 7) is 8.24. The van der Waals surface area contributed by atoms with E-state index in [-0.39, 0.29) is 6.03 Å². The second kappa shape index (κ2) is 6.84. The van der Waals surface area contributed by atoms with Gasteiger partial charge < -0.3 is 24.2 Å². The van der Waals surface area contributed by atoms with E-state index in [0.29, 0.717) is 13.2 Å². The zero-order chi connectivity index (χ0) is 17.3. The summed E-state index contributed by atoms with van der Waals surface area (Å²) in [5.74, 6) is -0.416. The lowest BCUT2D eigenvalue weighted by atomic mass is 10.0. The number of anilines is 1. The first kappa shape index (κ1) is 16.7. The lowest BCUT2D eigenvalue weighted by Gasteiger charge is -2.42. The highest BCUT2D eigenvalue weighted by molar-refractivity contribution is 5.75. The SMILES string of the molecule is Cc1cccc(N2CCN(C(=O)N3CCC4(CC3)OCCO4)CC2)c1. The Bertz CT molecular complexity index is 612. The monoisotopic (exact) mass is 345 g/mol. The van der Waals surface area contributed by atoms with Gasteiger partial charge in [0, 0.05) is 57.8 Å². The number of hydrogen-bond acceptors (Lipinski definition) is 4. The van der Waals surface area contributed by atoms with E-state index >= 15 is 0 Å². The van der Waals surface area contributed by atoms with Gasteiger partial charge in [0.25, 0.3) is 0 Å². The quantitative estimate of drug-likeness (QED) is 0.782. The third-order valence-electron chi connectivity index (χ3n) is 5.53. The van der Waals surface area contributed by atoms with E-state index in [2.05, 4.69) is 36.1 Å². The molecule has 3 saturated heterocycles. The Hall–Kier alpha value is -1.79. The van der Waals surface area contributed by atoms with Crippen molar-refractivity contribution in [2.75, 3.05) is 57.4 Å². The predicted octanol–water partition coefficient (Wildman–Crippen LogP) is 2.08. The van der Waals surface area contributed by atoms with Gasteiger partial charge in [-0.1, -0.05) is 12.1 Å². The number of benzene rings is 1. The van der Waals surface area contributed by atoms with Crippen LogP contribution >= 0.6 is 0 Å². The number of piperazine rings is 1. The fourth-order valence-electron chi connectivity index (χ4n) is 4.00. The molecule has 1 aromatic carbocycles. The molecular formula is C19H27N3O3. The standard InChI is InChI=1S/C19H27N3O3/c1-16-3-2-4-17(15-16)20-9-11-22(12-10-20)18(23)21-7-5-19(6-8-21)24-13-14-25-19/h2-4,15H,5-14H2,1H3. The van der Waals surface area contributed by atoms with Crippen LogP contribution in [-0.4, -0.2) is 74.1 Å². The molecule has 0 saturated carbocycles. The van der Waals surface area contributed by atoms with E-state index in [0.717, 1.165) is 52.1 Å². The molecular weight excluding hydrogens is 318 g/mol. The Kier molecular flexibility index (Phi) is 4.56. The van der Waals surface area contributed by atoms with E-state index in [9.17, 15) is 4.79 Å². The summed E-state index contributed by atoms with van der Waals surface area (Å²) < 4.78 is 11.5. The van der Waals surface area contributed by atoms with Gasteiger partial charge in [0.05, 0.1) is 13.2 Å². The number of amides is 2. The highest BCUT2D eigenvalue weighted by Crippen LogP contribution is 2.31. The second-order valence-electron chi connectivity index (χ2n) is 7.19. The molecule has 3 heterocycles. The molecule has 1 aromatic rings. The van der Waals surface area contributed by atoms with Crippen LogP contribution in [0.2, 0.25) is 0 Å². The van der Waals surface area contributed by atoms with Crippen LogP contribution in [-0.2, 0) is 9.47 Å². The lowest BCUT2D eigenvalue weighted by molar-refractivity contribution is -0.181. The summed E-state index contributed by atoms with van der Waals surface area (Å²) in [4.78, 5) is 19.1. The largest absolute Gasteiger partial charge is 0.368 e. The highest BCUT2D eigenvalue weighted by Gasteiger charge is 2.41. The first-order valence-electron chi connectivity index (χ1n) is 9.29. The highest BCUT2D eigenvalue weighted by atomic mass is 16.7. The number of urea groups is 1. The van der Waals surface area contributed by atoms with E-state index < -0.39 is 5.79 Å². The molecule has 4 rings (SSSR count). The molecule has 0 unspecified atom stereocenters. The van der Waals surface area contributed by atoms with E-state index in [1.165, 1.54) is 11.3 Å². The van der Waals surface area contributed by atoms with E-state index in [4.69, 9.17) is 9.47 Å². The zero-order valence-electron chi connectivity index (χ0n) is 14.9. The van der Waals surface area contributed by atoms with Crippen LogP contribution in [0.1, 0.15) is 18.4 Å². The minimum Gasteiger partial charge on any atom is -0.368 e. The van der Waals surface area contributed by atoms with Gasteiger partial charge in [-0.15, -0.1) is 0 Å². The number of piperidine rings is 1. The second-order valence-corrected chi connectivity index (χ2v) is 7.19. The van der Waals surface area contributed by atoms with Crippen LogP contribution in [0.25, 0.3) is 0 Å². The average Bonchev–Trinajstić information content (AvgIpc) is 3.10. The summed E-state index contributed by atoms with van der Waals surface area (Å²) in [5.41, 5.74) is 2.53. The summed E-state index contributed by atoms with van der Waals surface area (Å²) >= 11 is 0. The van der Waals surface area contributed by atoms with Crippen molar-refractivity contribution < 1.29 is 14.3 Å². The molecule has 6 nitrogen and oxygen atoms in total. The first-order chi connectivity index (χ1) is 12.2. The maximum absolute atomic E-state index is 12.8. The lowest BCUT2D eigenvalue weighted by Crippen LogP contribution is -2.56. The Morgan fingerprint density at radius 1 is 0.960 bits per heavy atom. The molecule has 0 atom stereocenters. The van der Waals surface area contributed by atoms with Gasteiger partial charge in [-0.3, -0.25) is 0 Å². The van der Waals surface area contributed by atoms with Crippen LogP contribution in [0.15, 0.2) is 24.3 Å². The van der Waals surface area contributed by atoms with Crippen molar-refractivity contribution in [2.24, 2.45) is 0 Å². The van der Waals surface area contributed by atoms with Crippen LogP contribution in [0.3, 0.4) is 0 Å². The normalized spacial score (nSPS) is 23.3. The van der Waals surface area contributed by atoms with E-state index in [1.54, 1.807) is 0 Å². The molecule has 136 valence electrons. The van der Waals surface area contributed by atoms with Gasteiger partial charge >= 0.3 is 6.03 Å². The summed E-state index contributed by atoms with van der Waals surface area (Å²) in [6, 6.07) is 8.74. The number of carbonyl (C=O) groups excluding carboxylic acids is 1. The number of nitrogens with zero attached hydrogens (tertiary/aromatic N) is 3. The van der Waals surface area contributed by atoms with Gasteiger partial charge in [-0.2, -0.15) is 0 Å². The Morgan fingerprint density at radius 3 is 2.24 bits per heavy atom. The third kappa shape index (κ3) is 3.46. The minimum absolute atomic E-state index is 0.164. The Balaban J connectivity index is 1.30. The van der Waals surface area contributed by atoms with Gasteiger partial charge in [-0.05, 0) is 24.6 Å². The first-order valence-corrected chi connectivity index (χ1v) is 9.29. The molecule has 6 heteroatoms. The number of aryl methyl sites for hydroxylation is 1. The minimum atomic E-state index is -0.416. The van der Waals surface area contributed by atoms with Crippen molar-refractivity contribution in [1.29, 1.82) is 0 Å². The molecule has 3 fully saturated rings. The van der Waals surface area contributed by atoms with Gasteiger partial charge in [0.2, 0.25) is 0 Å². The van der Waals surface area contributed by atoms with Crippen molar-refractivity contribution in [3.63, 3.8) is 0 Å². The topological polar surface area (TPSA) is 45.2 Å². The molecule has 0 bridgehead atoms. The molecule has 0 aliphatic carbocycles. The van der Waals surface area contributed by atoms with Crippen LogP contribution < -0.4 is 4.90 Å². The molecule has 0 N–H and O–H groups in total. The Labute approximate surface area is 149 Å². The number of ether oxygens (including phenoxy) is 2. The molecule has 25 heavy (non-hydrogen) atoms. The van der Waals surface area contributed by atoms with Gasteiger partial charge in [0.1, 0.15) is 0 Å². The third-order valence-corrected chi connectivity index (χ3v) is 5.53. The fourth-order valence-corrected chi connectivity index (χ4v) is 4.00. The predicted molar refractivity (Wildman–Crippen MR) is 95.8 cm³/mol. The van der Waals surface area contributed by atoms with Gasteiger partial charge in [-0.25, -0.2) is 4.79 Å². The smallest absolute Gasteiger partial charge is 0.320 e. The number of hydrogen-bond donors (Lipinski definition) is 0. The van der Waals surface area contributed by atoms with Crippen LogP contribution in [0.5, 0.6) is 0 Å². The maximum Gasteiger partial charge on any atom is 0.320 e. The van der Waals surface area contributed by atoms with Crippen molar-refractivity contribution in [3.05, 3.63) is 29.8 Å².